The summed E-state index contributed by atoms with van der Waals surface area (Å²) in [6.07, 6.45) is 1.48. The number of nitro benzene ring substituents is 1. The molecule has 2 heterocycles. The third-order valence-electron chi connectivity index (χ3n) is 3.67. The molecule has 2 amide bonds. The van der Waals surface area contributed by atoms with Gasteiger partial charge in [0, 0.05) is 12.1 Å². The lowest BCUT2D eigenvalue weighted by atomic mass is 10.1. The van der Waals surface area contributed by atoms with Gasteiger partial charge in [-0.25, -0.2) is 0 Å². The van der Waals surface area contributed by atoms with Gasteiger partial charge in [-0.15, -0.1) is 11.8 Å². The van der Waals surface area contributed by atoms with Crippen molar-refractivity contribution in [2.75, 3.05) is 5.75 Å². The van der Waals surface area contributed by atoms with Crippen LogP contribution in [0.5, 0.6) is 0 Å². The summed E-state index contributed by atoms with van der Waals surface area (Å²) in [6, 6.07) is 9.01. The molecule has 0 atom stereocenters. The number of hydrogen-bond acceptors (Lipinski definition) is 6. The van der Waals surface area contributed by atoms with Crippen molar-refractivity contribution in [3.05, 3.63) is 69.0 Å². The van der Waals surface area contributed by atoms with E-state index >= 15 is 0 Å². The second-order valence-electron chi connectivity index (χ2n) is 5.22. The highest BCUT2D eigenvalue weighted by Crippen LogP contribution is 2.37. The molecular formula is C17H14N2O5S. The number of furan rings is 1. The molecule has 1 aliphatic heterocycles. The van der Waals surface area contributed by atoms with Crippen molar-refractivity contribution >= 4 is 34.8 Å². The zero-order chi connectivity index (χ0) is 18.0. The maximum atomic E-state index is 12.8. The van der Waals surface area contributed by atoms with Crippen LogP contribution >= 0.6 is 11.8 Å². The number of thioether (sulfide) groups is 1. The van der Waals surface area contributed by atoms with Crippen LogP contribution in [-0.4, -0.2) is 27.4 Å². The van der Waals surface area contributed by atoms with Crippen LogP contribution in [0.3, 0.4) is 0 Å². The smallest absolute Gasteiger partial charge is 0.269 e. The number of benzene rings is 1. The molecule has 3 rings (SSSR count). The van der Waals surface area contributed by atoms with E-state index in [1.807, 2.05) is 6.92 Å². The van der Waals surface area contributed by atoms with Crippen LogP contribution < -0.4 is 0 Å². The first-order chi connectivity index (χ1) is 12.0. The predicted octanol–water partition coefficient (Wildman–Crippen LogP) is 3.22. The van der Waals surface area contributed by atoms with Gasteiger partial charge >= 0.3 is 0 Å². The maximum Gasteiger partial charge on any atom is 0.269 e. The standard InChI is InChI=1S/C17H14N2O5S/c1-2-25-15-14(11-5-7-12(8-6-11)19(22)23)16(20)18(17(15)21)10-13-4-3-9-24-13/h3-9H,2,10H2,1H3. The van der Waals surface area contributed by atoms with Gasteiger partial charge in [0.25, 0.3) is 17.5 Å². The lowest BCUT2D eigenvalue weighted by Crippen LogP contribution is -2.30. The first kappa shape index (κ1) is 17.0. The van der Waals surface area contributed by atoms with Crippen LogP contribution in [0.2, 0.25) is 0 Å². The summed E-state index contributed by atoms with van der Waals surface area (Å²) >= 11 is 1.28. The molecule has 1 aliphatic rings. The molecule has 0 unspecified atom stereocenters. The Kier molecular flexibility index (Phi) is 4.71. The number of nitrogens with zero attached hydrogens (tertiary/aromatic N) is 2. The van der Waals surface area contributed by atoms with Crippen LogP contribution in [0.1, 0.15) is 18.2 Å². The largest absolute Gasteiger partial charge is 0.467 e. The van der Waals surface area contributed by atoms with E-state index in [0.717, 1.165) is 4.90 Å². The van der Waals surface area contributed by atoms with E-state index < -0.39 is 10.8 Å². The minimum atomic E-state index is -0.509. The molecule has 0 aliphatic carbocycles. The molecule has 0 spiro atoms. The number of rotatable bonds is 6. The minimum Gasteiger partial charge on any atom is -0.467 e. The summed E-state index contributed by atoms with van der Waals surface area (Å²) in [6.45, 7) is 1.94. The fourth-order valence-corrected chi connectivity index (χ4v) is 3.41. The summed E-state index contributed by atoms with van der Waals surface area (Å²) in [5.74, 6) is 0.333. The van der Waals surface area contributed by atoms with Gasteiger partial charge in [-0.1, -0.05) is 6.92 Å². The van der Waals surface area contributed by atoms with Gasteiger partial charge in [-0.3, -0.25) is 24.6 Å². The maximum absolute atomic E-state index is 12.8. The zero-order valence-corrected chi connectivity index (χ0v) is 14.1. The lowest BCUT2D eigenvalue weighted by molar-refractivity contribution is -0.384. The van der Waals surface area contributed by atoms with Crippen LogP contribution in [0.15, 0.2) is 52.0 Å². The Balaban J connectivity index is 1.97. The summed E-state index contributed by atoms with van der Waals surface area (Å²) in [7, 11) is 0. The first-order valence-electron chi connectivity index (χ1n) is 7.53. The summed E-state index contributed by atoms with van der Waals surface area (Å²) in [5.41, 5.74) is 0.693. The number of nitro groups is 1. The fraction of sp³-hybridized carbons (Fsp3) is 0.176. The van der Waals surface area contributed by atoms with Gasteiger partial charge in [0.05, 0.1) is 28.2 Å². The van der Waals surface area contributed by atoms with E-state index in [4.69, 9.17) is 4.42 Å². The SMILES string of the molecule is CCSC1=C(c2ccc([N+](=O)[O-])cc2)C(=O)N(Cc2ccco2)C1=O. The van der Waals surface area contributed by atoms with Crippen LogP contribution in [-0.2, 0) is 16.1 Å². The Bertz CT molecular complexity index is 856. The van der Waals surface area contributed by atoms with Crippen molar-refractivity contribution in [3.8, 4) is 0 Å². The van der Waals surface area contributed by atoms with Crippen molar-refractivity contribution in [1.82, 2.24) is 4.90 Å². The van der Waals surface area contributed by atoms with Gasteiger partial charge in [-0.2, -0.15) is 0 Å². The Morgan fingerprint density at radius 2 is 1.88 bits per heavy atom. The molecule has 1 aromatic carbocycles. The van der Waals surface area contributed by atoms with Gasteiger partial charge in [0.1, 0.15) is 5.76 Å². The van der Waals surface area contributed by atoms with Gasteiger partial charge in [0.2, 0.25) is 0 Å². The van der Waals surface area contributed by atoms with Crippen LogP contribution in [0.25, 0.3) is 5.57 Å². The second kappa shape index (κ2) is 6.94. The molecule has 7 nitrogen and oxygen atoms in total. The van der Waals surface area contributed by atoms with Crippen molar-refractivity contribution in [3.63, 3.8) is 0 Å². The molecule has 0 N–H and O–H groups in total. The molecule has 128 valence electrons. The summed E-state index contributed by atoms with van der Waals surface area (Å²) in [4.78, 5) is 37.2. The number of carbonyl (C=O) groups excluding carboxylic acids is 2. The van der Waals surface area contributed by atoms with E-state index in [1.165, 1.54) is 42.3 Å². The molecule has 8 heteroatoms. The Morgan fingerprint density at radius 3 is 2.44 bits per heavy atom. The molecular weight excluding hydrogens is 344 g/mol. The van der Waals surface area contributed by atoms with Gasteiger partial charge in [0.15, 0.2) is 0 Å². The van der Waals surface area contributed by atoms with Crippen LogP contribution in [0.4, 0.5) is 5.69 Å². The van der Waals surface area contributed by atoms with E-state index in [1.54, 1.807) is 12.1 Å². The number of carbonyl (C=O) groups is 2. The molecule has 0 fully saturated rings. The quantitative estimate of drug-likeness (QED) is 0.447. The average molecular weight is 358 g/mol. The highest BCUT2D eigenvalue weighted by molar-refractivity contribution is 8.04. The highest BCUT2D eigenvalue weighted by Gasteiger charge is 2.39. The normalized spacial score (nSPS) is 14.5. The van der Waals surface area contributed by atoms with Crippen molar-refractivity contribution in [2.45, 2.75) is 13.5 Å². The van der Waals surface area contributed by atoms with E-state index in [9.17, 15) is 19.7 Å². The zero-order valence-electron chi connectivity index (χ0n) is 13.3. The van der Waals surface area contributed by atoms with E-state index in [0.29, 0.717) is 22.0 Å². The minimum absolute atomic E-state index is 0.0505. The van der Waals surface area contributed by atoms with Crippen LogP contribution in [0, 0.1) is 10.1 Å². The van der Waals surface area contributed by atoms with E-state index in [2.05, 4.69) is 0 Å². The lowest BCUT2D eigenvalue weighted by Gasteiger charge is -2.13. The predicted molar refractivity (Wildman–Crippen MR) is 92.4 cm³/mol. The molecule has 2 aromatic rings. The topological polar surface area (TPSA) is 93.7 Å². The van der Waals surface area contributed by atoms with Crippen molar-refractivity contribution in [1.29, 1.82) is 0 Å². The number of hydrogen-bond donors (Lipinski definition) is 0. The first-order valence-corrected chi connectivity index (χ1v) is 8.52. The molecule has 1 aromatic heterocycles. The Labute approximate surface area is 147 Å². The monoisotopic (exact) mass is 358 g/mol. The molecule has 0 saturated carbocycles. The van der Waals surface area contributed by atoms with Crippen molar-refractivity contribution in [2.24, 2.45) is 0 Å². The summed E-state index contributed by atoms with van der Waals surface area (Å²) in [5, 5.41) is 10.8. The number of non-ortho nitro benzene ring substituents is 1. The fourth-order valence-electron chi connectivity index (χ4n) is 2.54. The average Bonchev–Trinajstić information content (AvgIpc) is 3.19. The third kappa shape index (κ3) is 3.20. The molecule has 0 bridgehead atoms. The number of imide groups is 1. The molecule has 0 saturated heterocycles. The second-order valence-corrected chi connectivity index (χ2v) is 6.49. The van der Waals surface area contributed by atoms with E-state index in [-0.39, 0.29) is 23.7 Å². The van der Waals surface area contributed by atoms with Gasteiger partial charge in [-0.05, 0) is 35.6 Å². The molecule has 0 radical (unpaired) electrons. The Morgan fingerprint density at radius 1 is 1.16 bits per heavy atom. The molecule has 25 heavy (non-hydrogen) atoms. The number of amides is 2. The van der Waals surface area contributed by atoms with Gasteiger partial charge < -0.3 is 4.42 Å². The summed E-state index contributed by atoms with van der Waals surface area (Å²) < 4.78 is 5.22. The third-order valence-corrected chi connectivity index (χ3v) is 4.63. The van der Waals surface area contributed by atoms with Crippen molar-refractivity contribution < 1.29 is 18.9 Å². The highest BCUT2D eigenvalue weighted by atomic mass is 32.2. The Hall–Kier alpha value is -2.87.